The molecular formula is C22H25ClFN5. The number of aromatic amines is 1. The van der Waals surface area contributed by atoms with Crippen molar-refractivity contribution in [2.45, 2.75) is 13.8 Å². The molecule has 0 unspecified atom stereocenters. The second-order valence-electron chi connectivity index (χ2n) is 7.85. The molecule has 1 aliphatic rings. The van der Waals surface area contributed by atoms with Crippen LogP contribution in [0.25, 0.3) is 22.6 Å². The van der Waals surface area contributed by atoms with E-state index in [1.54, 1.807) is 18.3 Å². The van der Waals surface area contributed by atoms with Gasteiger partial charge in [-0.05, 0) is 36.2 Å². The fourth-order valence-electron chi connectivity index (χ4n) is 3.66. The molecule has 29 heavy (non-hydrogen) atoms. The van der Waals surface area contributed by atoms with Crippen molar-refractivity contribution < 1.29 is 4.39 Å². The van der Waals surface area contributed by atoms with Gasteiger partial charge >= 0.3 is 0 Å². The summed E-state index contributed by atoms with van der Waals surface area (Å²) in [6, 6.07) is 8.68. The molecule has 1 aliphatic heterocycles. The van der Waals surface area contributed by atoms with Gasteiger partial charge in [0.1, 0.15) is 17.5 Å². The van der Waals surface area contributed by atoms with Crippen LogP contribution in [-0.2, 0) is 0 Å². The first-order valence-electron chi connectivity index (χ1n) is 9.94. The van der Waals surface area contributed by atoms with E-state index in [4.69, 9.17) is 11.6 Å². The minimum Gasteiger partial charge on any atom is -0.354 e. The number of hydrogen-bond acceptors (Lipinski definition) is 4. The van der Waals surface area contributed by atoms with Crippen molar-refractivity contribution in [1.29, 1.82) is 0 Å². The summed E-state index contributed by atoms with van der Waals surface area (Å²) in [4.78, 5) is 17.3. The third-order valence-corrected chi connectivity index (χ3v) is 5.42. The van der Waals surface area contributed by atoms with E-state index >= 15 is 0 Å². The van der Waals surface area contributed by atoms with Crippen molar-refractivity contribution in [2.75, 3.05) is 37.6 Å². The Kier molecular flexibility index (Phi) is 5.83. The Balaban J connectivity index is 1.43. The largest absolute Gasteiger partial charge is 0.354 e. The molecule has 0 aliphatic carbocycles. The Hall–Kier alpha value is -2.44. The van der Waals surface area contributed by atoms with E-state index < -0.39 is 5.82 Å². The minimum absolute atomic E-state index is 0.0894. The molecule has 0 spiro atoms. The number of nitrogens with one attached hydrogen (secondary N) is 1. The second kappa shape index (κ2) is 8.51. The first kappa shape index (κ1) is 19.9. The zero-order valence-electron chi connectivity index (χ0n) is 16.7. The van der Waals surface area contributed by atoms with Gasteiger partial charge in [-0.3, -0.25) is 4.90 Å². The van der Waals surface area contributed by atoms with Crippen molar-refractivity contribution >= 4 is 17.4 Å². The standard InChI is InChI=1S/C22H25ClFN5/c1-15(2)14-28-7-9-29(10-8-28)21-6-4-17(12-25-21)22-26-13-20(27-22)16-3-5-19(24)18(23)11-16/h3-6,11-13,15H,7-10,14H2,1-2H3,(H,26,27). The van der Waals surface area contributed by atoms with Crippen LogP contribution in [0.3, 0.4) is 0 Å². The van der Waals surface area contributed by atoms with Crippen LogP contribution < -0.4 is 4.90 Å². The van der Waals surface area contributed by atoms with E-state index in [1.807, 2.05) is 18.3 Å². The van der Waals surface area contributed by atoms with Gasteiger partial charge in [0.15, 0.2) is 0 Å². The minimum atomic E-state index is -0.434. The van der Waals surface area contributed by atoms with Crippen molar-refractivity contribution in [1.82, 2.24) is 19.9 Å². The highest BCUT2D eigenvalue weighted by Gasteiger charge is 2.18. The van der Waals surface area contributed by atoms with Gasteiger partial charge in [0.2, 0.25) is 0 Å². The van der Waals surface area contributed by atoms with Crippen LogP contribution in [0.4, 0.5) is 10.2 Å². The number of aromatic nitrogens is 3. The highest BCUT2D eigenvalue weighted by atomic mass is 35.5. The number of nitrogens with zero attached hydrogens (tertiary/aromatic N) is 4. The average Bonchev–Trinajstić information content (AvgIpc) is 3.21. The first-order valence-corrected chi connectivity index (χ1v) is 10.3. The third-order valence-electron chi connectivity index (χ3n) is 5.13. The fourth-order valence-corrected chi connectivity index (χ4v) is 3.84. The number of anilines is 1. The maximum absolute atomic E-state index is 13.4. The summed E-state index contributed by atoms with van der Waals surface area (Å²) in [6.07, 6.45) is 3.64. The normalized spacial score (nSPS) is 15.3. The van der Waals surface area contributed by atoms with Crippen molar-refractivity contribution in [2.24, 2.45) is 5.92 Å². The van der Waals surface area contributed by atoms with E-state index in [9.17, 15) is 4.39 Å². The lowest BCUT2D eigenvalue weighted by Gasteiger charge is -2.36. The van der Waals surface area contributed by atoms with E-state index in [-0.39, 0.29) is 5.02 Å². The van der Waals surface area contributed by atoms with Crippen molar-refractivity contribution in [3.8, 4) is 22.6 Å². The molecule has 2 aromatic heterocycles. The average molecular weight is 414 g/mol. The van der Waals surface area contributed by atoms with Gasteiger partial charge in [-0.15, -0.1) is 0 Å². The number of H-pyrrole nitrogens is 1. The predicted octanol–water partition coefficient (Wildman–Crippen LogP) is 4.71. The topological polar surface area (TPSA) is 48.0 Å². The summed E-state index contributed by atoms with van der Waals surface area (Å²) in [7, 11) is 0. The zero-order valence-corrected chi connectivity index (χ0v) is 17.5. The summed E-state index contributed by atoms with van der Waals surface area (Å²) in [5.41, 5.74) is 2.39. The Labute approximate surface area is 175 Å². The molecule has 3 heterocycles. The molecule has 152 valence electrons. The van der Waals surface area contributed by atoms with E-state index in [0.29, 0.717) is 11.6 Å². The van der Waals surface area contributed by atoms with E-state index in [2.05, 4.69) is 38.6 Å². The molecule has 5 nitrogen and oxygen atoms in total. The summed E-state index contributed by atoms with van der Waals surface area (Å²) in [6.45, 7) is 9.81. The van der Waals surface area contributed by atoms with Crippen LogP contribution in [0.15, 0.2) is 42.7 Å². The lowest BCUT2D eigenvalue weighted by atomic mass is 10.2. The molecule has 4 rings (SSSR count). The summed E-state index contributed by atoms with van der Waals surface area (Å²) < 4.78 is 13.4. The SMILES string of the molecule is CC(C)CN1CCN(c2ccc(-c3nc(-c4ccc(F)c(Cl)c4)c[nH]3)cn2)CC1. The monoisotopic (exact) mass is 413 g/mol. The molecule has 1 aromatic carbocycles. The number of halogens is 2. The van der Waals surface area contributed by atoms with Gasteiger partial charge in [-0.25, -0.2) is 14.4 Å². The number of benzene rings is 1. The maximum atomic E-state index is 13.4. The van der Waals surface area contributed by atoms with Gasteiger partial charge in [-0.2, -0.15) is 0 Å². The first-order chi connectivity index (χ1) is 14.0. The summed E-state index contributed by atoms with van der Waals surface area (Å²) in [5.74, 6) is 1.98. The number of imidazole rings is 1. The fraction of sp³-hybridized carbons (Fsp3) is 0.364. The number of hydrogen-bond donors (Lipinski definition) is 1. The Morgan fingerprint density at radius 1 is 1.10 bits per heavy atom. The molecule has 1 N–H and O–H groups in total. The van der Waals surface area contributed by atoms with E-state index in [1.165, 1.54) is 6.07 Å². The van der Waals surface area contributed by atoms with Gasteiger partial charge < -0.3 is 9.88 Å². The molecule has 0 atom stereocenters. The van der Waals surface area contributed by atoms with Crippen LogP contribution in [-0.4, -0.2) is 52.6 Å². The second-order valence-corrected chi connectivity index (χ2v) is 8.26. The molecular weight excluding hydrogens is 389 g/mol. The smallest absolute Gasteiger partial charge is 0.141 e. The molecule has 1 fully saturated rings. The van der Waals surface area contributed by atoms with Crippen LogP contribution in [0.5, 0.6) is 0 Å². The quantitative estimate of drug-likeness (QED) is 0.658. The van der Waals surface area contributed by atoms with Crippen LogP contribution in [0.2, 0.25) is 5.02 Å². The van der Waals surface area contributed by atoms with Crippen molar-refractivity contribution in [3.63, 3.8) is 0 Å². The third kappa shape index (κ3) is 4.60. The van der Waals surface area contributed by atoms with Gasteiger partial charge in [-0.1, -0.05) is 25.4 Å². The lowest BCUT2D eigenvalue weighted by Crippen LogP contribution is -2.47. The number of pyridine rings is 1. The van der Waals surface area contributed by atoms with Crippen molar-refractivity contribution in [3.05, 3.63) is 53.6 Å². The van der Waals surface area contributed by atoms with Crippen LogP contribution in [0.1, 0.15) is 13.8 Å². The summed E-state index contributed by atoms with van der Waals surface area (Å²) >= 11 is 5.88. The highest BCUT2D eigenvalue weighted by molar-refractivity contribution is 6.31. The van der Waals surface area contributed by atoms with Gasteiger partial charge in [0.25, 0.3) is 0 Å². The Morgan fingerprint density at radius 3 is 2.52 bits per heavy atom. The lowest BCUT2D eigenvalue weighted by molar-refractivity contribution is 0.231. The van der Waals surface area contributed by atoms with Crippen LogP contribution >= 0.6 is 11.6 Å². The Morgan fingerprint density at radius 2 is 1.86 bits per heavy atom. The molecule has 0 bridgehead atoms. The molecule has 0 saturated carbocycles. The molecule has 1 saturated heterocycles. The number of rotatable bonds is 5. The molecule has 0 amide bonds. The van der Waals surface area contributed by atoms with Gasteiger partial charge in [0.05, 0.1) is 10.7 Å². The van der Waals surface area contributed by atoms with Crippen LogP contribution in [0, 0.1) is 11.7 Å². The Bertz CT molecular complexity index is 962. The molecule has 0 radical (unpaired) electrons. The number of piperazine rings is 1. The predicted molar refractivity (Wildman–Crippen MR) is 116 cm³/mol. The molecule has 7 heteroatoms. The van der Waals surface area contributed by atoms with E-state index in [0.717, 1.165) is 55.5 Å². The zero-order chi connectivity index (χ0) is 20.4. The summed E-state index contributed by atoms with van der Waals surface area (Å²) in [5, 5.41) is 0.0894. The highest BCUT2D eigenvalue weighted by Crippen LogP contribution is 2.26. The maximum Gasteiger partial charge on any atom is 0.141 e. The molecule has 3 aromatic rings. The van der Waals surface area contributed by atoms with Gasteiger partial charge in [0, 0.05) is 56.2 Å².